The molecule has 0 bridgehead atoms. The van der Waals surface area contributed by atoms with Gasteiger partial charge in [0.1, 0.15) is 0 Å². The van der Waals surface area contributed by atoms with E-state index in [9.17, 15) is 0 Å². The molecule has 0 N–H and O–H groups in total. The molecule has 0 heterocycles. The highest BCUT2D eigenvalue weighted by molar-refractivity contribution is 5.47. The molecule has 0 unspecified atom stereocenters. The molecule has 66 valence electrons. The molecule has 0 aromatic carbocycles. The number of hydrogen-bond donors (Lipinski definition) is 0. The average Bonchev–Trinajstić information content (AvgIpc) is 2.38. The van der Waals surface area contributed by atoms with Gasteiger partial charge in [0.15, 0.2) is 0 Å². The standard InChI is InChI=1S/C12H18/c1-5-11(9(2)3)12-8-6-7-10(12)4/h5-6,8-9H,7H2,1-4H3/b11-5-. The van der Waals surface area contributed by atoms with Gasteiger partial charge in [-0.15, -0.1) is 0 Å². The summed E-state index contributed by atoms with van der Waals surface area (Å²) in [4.78, 5) is 0. The normalized spacial score (nSPS) is 18.2. The van der Waals surface area contributed by atoms with Gasteiger partial charge >= 0.3 is 0 Å². The van der Waals surface area contributed by atoms with Gasteiger partial charge in [-0.05, 0) is 37.3 Å². The van der Waals surface area contributed by atoms with Gasteiger partial charge in [-0.25, -0.2) is 0 Å². The van der Waals surface area contributed by atoms with Gasteiger partial charge in [0.2, 0.25) is 0 Å². The lowest BCUT2D eigenvalue weighted by Crippen LogP contribution is -1.96. The average molecular weight is 162 g/mol. The predicted octanol–water partition coefficient (Wildman–Crippen LogP) is 3.87. The molecular weight excluding hydrogens is 144 g/mol. The molecule has 0 aromatic rings. The van der Waals surface area contributed by atoms with Crippen molar-refractivity contribution < 1.29 is 0 Å². The summed E-state index contributed by atoms with van der Waals surface area (Å²) in [5.74, 6) is 0.641. The summed E-state index contributed by atoms with van der Waals surface area (Å²) in [7, 11) is 0. The van der Waals surface area contributed by atoms with E-state index in [-0.39, 0.29) is 0 Å². The second kappa shape index (κ2) is 3.75. The van der Waals surface area contributed by atoms with Gasteiger partial charge in [-0.2, -0.15) is 0 Å². The Balaban J connectivity index is 2.95. The van der Waals surface area contributed by atoms with Crippen LogP contribution < -0.4 is 0 Å². The van der Waals surface area contributed by atoms with Crippen molar-refractivity contribution in [1.82, 2.24) is 0 Å². The minimum atomic E-state index is 0.641. The van der Waals surface area contributed by atoms with Gasteiger partial charge in [-0.3, -0.25) is 0 Å². The van der Waals surface area contributed by atoms with Crippen molar-refractivity contribution in [2.45, 2.75) is 34.1 Å². The summed E-state index contributed by atoms with van der Waals surface area (Å²) >= 11 is 0. The van der Waals surface area contributed by atoms with Crippen molar-refractivity contribution in [2.24, 2.45) is 5.92 Å². The molecule has 1 rings (SSSR count). The lowest BCUT2D eigenvalue weighted by atomic mass is 9.93. The van der Waals surface area contributed by atoms with Crippen LogP contribution in [-0.4, -0.2) is 0 Å². The molecule has 0 aliphatic heterocycles. The van der Waals surface area contributed by atoms with E-state index in [1.165, 1.54) is 16.7 Å². The Morgan fingerprint density at radius 3 is 2.50 bits per heavy atom. The first-order valence-corrected chi connectivity index (χ1v) is 4.69. The third-order valence-electron chi connectivity index (χ3n) is 2.41. The minimum absolute atomic E-state index is 0.641. The molecule has 0 saturated heterocycles. The molecule has 12 heavy (non-hydrogen) atoms. The molecule has 0 fully saturated rings. The molecular formula is C12H18. The van der Waals surface area contributed by atoms with Gasteiger partial charge in [0.05, 0.1) is 0 Å². The molecule has 0 aromatic heterocycles. The van der Waals surface area contributed by atoms with E-state index < -0.39 is 0 Å². The lowest BCUT2D eigenvalue weighted by molar-refractivity contribution is 0.779. The first kappa shape index (κ1) is 9.31. The van der Waals surface area contributed by atoms with Crippen LogP contribution in [0.15, 0.2) is 34.9 Å². The van der Waals surface area contributed by atoms with Gasteiger partial charge < -0.3 is 0 Å². The van der Waals surface area contributed by atoms with Gasteiger partial charge in [-0.1, -0.05) is 37.6 Å². The summed E-state index contributed by atoms with van der Waals surface area (Å²) in [6, 6.07) is 0. The first-order valence-electron chi connectivity index (χ1n) is 4.69. The van der Waals surface area contributed by atoms with E-state index in [1.54, 1.807) is 0 Å². The fourth-order valence-electron chi connectivity index (χ4n) is 1.75. The Morgan fingerprint density at radius 1 is 1.50 bits per heavy atom. The van der Waals surface area contributed by atoms with Crippen LogP contribution in [0.1, 0.15) is 34.1 Å². The van der Waals surface area contributed by atoms with Crippen LogP contribution in [0.3, 0.4) is 0 Å². The zero-order valence-corrected chi connectivity index (χ0v) is 8.52. The second-order valence-electron chi connectivity index (χ2n) is 3.70. The Labute approximate surface area is 75.7 Å². The molecule has 0 nitrogen and oxygen atoms in total. The number of allylic oxidation sites excluding steroid dienone is 6. The highest BCUT2D eigenvalue weighted by Gasteiger charge is 2.11. The fraction of sp³-hybridized carbons (Fsp3) is 0.500. The maximum Gasteiger partial charge on any atom is -0.0129 e. The monoisotopic (exact) mass is 162 g/mol. The minimum Gasteiger partial charge on any atom is -0.0836 e. The Hall–Kier alpha value is -0.780. The third-order valence-corrected chi connectivity index (χ3v) is 2.41. The summed E-state index contributed by atoms with van der Waals surface area (Å²) < 4.78 is 0. The first-order chi connectivity index (χ1) is 5.66. The smallest absolute Gasteiger partial charge is 0.0129 e. The van der Waals surface area contributed by atoms with E-state index in [0.717, 1.165) is 6.42 Å². The lowest BCUT2D eigenvalue weighted by Gasteiger charge is -2.12. The maximum absolute atomic E-state index is 2.25. The Bertz CT molecular complexity index is 249. The predicted molar refractivity (Wildman–Crippen MR) is 55.1 cm³/mol. The molecule has 0 saturated carbocycles. The van der Waals surface area contributed by atoms with Crippen molar-refractivity contribution in [3.63, 3.8) is 0 Å². The van der Waals surface area contributed by atoms with Crippen molar-refractivity contribution >= 4 is 0 Å². The second-order valence-corrected chi connectivity index (χ2v) is 3.70. The molecule has 0 amide bonds. The van der Waals surface area contributed by atoms with E-state index in [1.807, 2.05) is 0 Å². The van der Waals surface area contributed by atoms with E-state index >= 15 is 0 Å². The highest BCUT2D eigenvalue weighted by atomic mass is 14.2. The zero-order valence-electron chi connectivity index (χ0n) is 8.52. The topological polar surface area (TPSA) is 0 Å². The third kappa shape index (κ3) is 1.69. The van der Waals surface area contributed by atoms with Crippen LogP contribution in [-0.2, 0) is 0 Å². The Morgan fingerprint density at radius 2 is 2.17 bits per heavy atom. The van der Waals surface area contributed by atoms with E-state index in [0.29, 0.717) is 5.92 Å². The van der Waals surface area contributed by atoms with Gasteiger partial charge in [0.25, 0.3) is 0 Å². The Kier molecular flexibility index (Phi) is 2.91. The van der Waals surface area contributed by atoms with Crippen LogP contribution >= 0.6 is 0 Å². The molecule has 0 radical (unpaired) electrons. The van der Waals surface area contributed by atoms with Crippen molar-refractivity contribution in [1.29, 1.82) is 0 Å². The van der Waals surface area contributed by atoms with Crippen molar-refractivity contribution in [2.75, 3.05) is 0 Å². The quantitative estimate of drug-likeness (QED) is 0.578. The van der Waals surface area contributed by atoms with Crippen molar-refractivity contribution in [3.8, 4) is 0 Å². The van der Waals surface area contributed by atoms with Crippen LogP contribution in [0, 0.1) is 5.92 Å². The summed E-state index contributed by atoms with van der Waals surface area (Å²) in [5.41, 5.74) is 4.46. The summed E-state index contributed by atoms with van der Waals surface area (Å²) in [5, 5.41) is 0. The largest absolute Gasteiger partial charge is 0.0836 e. The summed E-state index contributed by atoms with van der Waals surface area (Å²) in [6.45, 7) is 8.85. The number of hydrogen-bond acceptors (Lipinski definition) is 0. The summed E-state index contributed by atoms with van der Waals surface area (Å²) in [6.07, 6.45) is 7.87. The van der Waals surface area contributed by atoms with E-state index in [2.05, 4.69) is 45.9 Å². The molecule has 0 spiro atoms. The van der Waals surface area contributed by atoms with Crippen LogP contribution in [0.2, 0.25) is 0 Å². The zero-order chi connectivity index (χ0) is 9.14. The SMILES string of the molecule is C/C=C(\C1=C(C)CC=C1)C(C)C. The fourth-order valence-corrected chi connectivity index (χ4v) is 1.75. The van der Waals surface area contributed by atoms with Gasteiger partial charge in [0, 0.05) is 0 Å². The molecule has 0 heteroatoms. The van der Waals surface area contributed by atoms with Crippen LogP contribution in [0.4, 0.5) is 0 Å². The highest BCUT2D eigenvalue weighted by Crippen LogP contribution is 2.29. The molecule has 1 aliphatic rings. The molecule has 0 atom stereocenters. The molecule has 1 aliphatic carbocycles. The van der Waals surface area contributed by atoms with Crippen LogP contribution in [0.5, 0.6) is 0 Å². The van der Waals surface area contributed by atoms with Crippen molar-refractivity contribution in [3.05, 3.63) is 34.9 Å². The van der Waals surface area contributed by atoms with Crippen LogP contribution in [0.25, 0.3) is 0 Å². The maximum atomic E-state index is 2.25. The van der Waals surface area contributed by atoms with E-state index in [4.69, 9.17) is 0 Å². The number of rotatable bonds is 2.